The Labute approximate surface area is 87.1 Å². The lowest BCUT2D eigenvalue weighted by atomic mass is 10.1. The number of likely N-dealkylation sites (N-methyl/N-ethyl adjacent to an activating group) is 1. The summed E-state index contributed by atoms with van der Waals surface area (Å²) < 4.78 is 0. The van der Waals surface area contributed by atoms with Gasteiger partial charge >= 0.3 is 0 Å². The molecule has 0 aromatic heterocycles. The second kappa shape index (κ2) is 6.02. The predicted octanol–water partition coefficient (Wildman–Crippen LogP) is 1.80. The molecule has 3 nitrogen and oxygen atoms in total. The number of aliphatic hydroxyl groups is 1. The minimum absolute atomic E-state index is 0.126. The number of amides is 1. The first-order valence-corrected chi connectivity index (χ1v) is 5.33. The van der Waals surface area contributed by atoms with E-state index in [1.165, 1.54) is 0 Å². The fourth-order valence-corrected chi connectivity index (χ4v) is 1.39. The normalized spacial score (nSPS) is 11.5. The van der Waals surface area contributed by atoms with Gasteiger partial charge in [0.25, 0.3) is 0 Å². The third kappa shape index (κ3) is 6.89. The molecule has 0 fully saturated rings. The van der Waals surface area contributed by atoms with Crippen molar-refractivity contribution in [3.63, 3.8) is 0 Å². The Bertz CT molecular complexity index is 173. The number of carbonyl (C=O) groups is 1. The molecule has 0 aromatic carbocycles. The van der Waals surface area contributed by atoms with Crippen molar-refractivity contribution in [2.24, 2.45) is 0 Å². The van der Waals surface area contributed by atoms with Crippen LogP contribution in [0.5, 0.6) is 0 Å². The molecule has 0 aliphatic rings. The van der Waals surface area contributed by atoms with E-state index in [-0.39, 0.29) is 5.91 Å². The Morgan fingerprint density at radius 1 is 1.36 bits per heavy atom. The Balaban J connectivity index is 3.77. The van der Waals surface area contributed by atoms with E-state index < -0.39 is 5.60 Å². The number of nitrogens with zero attached hydrogens (tertiary/aromatic N) is 1. The maximum atomic E-state index is 11.5. The average molecular weight is 201 g/mol. The molecule has 1 N–H and O–H groups in total. The summed E-state index contributed by atoms with van der Waals surface area (Å²) >= 11 is 0. The van der Waals surface area contributed by atoms with Crippen LogP contribution in [0.15, 0.2) is 0 Å². The molecule has 0 rings (SSSR count). The van der Waals surface area contributed by atoms with Crippen LogP contribution in [0.2, 0.25) is 0 Å². The van der Waals surface area contributed by atoms with E-state index in [9.17, 15) is 9.90 Å². The summed E-state index contributed by atoms with van der Waals surface area (Å²) in [4.78, 5) is 13.1. The highest BCUT2D eigenvalue weighted by Crippen LogP contribution is 2.06. The molecule has 0 heterocycles. The second-order valence-electron chi connectivity index (χ2n) is 4.52. The van der Waals surface area contributed by atoms with E-state index in [4.69, 9.17) is 0 Å². The molecule has 84 valence electrons. The van der Waals surface area contributed by atoms with Gasteiger partial charge in [-0.2, -0.15) is 0 Å². The van der Waals surface area contributed by atoms with Crippen LogP contribution in [-0.4, -0.2) is 35.1 Å². The number of hydrogen-bond acceptors (Lipinski definition) is 2. The fourth-order valence-electron chi connectivity index (χ4n) is 1.39. The molecule has 0 aliphatic carbocycles. The molecule has 0 spiro atoms. The van der Waals surface area contributed by atoms with Gasteiger partial charge in [-0.25, -0.2) is 0 Å². The fraction of sp³-hybridized carbons (Fsp3) is 0.909. The quantitative estimate of drug-likeness (QED) is 0.666. The summed E-state index contributed by atoms with van der Waals surface area (Å²) in [7, 11) is 1.74. The summed E-state index contributed by atoms with van der Waals surface area (Å²) in [6.45, 7) is 5.94. The molecule has 3 heteroatoms. The zero-order valence-electron chi connectivity index (χ0n) is 9.84. The van der Waals surface area contributed by atoms with Crippen molar-refractivity contribution in [3.8, 4) is 0 Å². The minimum Gasteiger partial charge on any atom is -0.389 e. The van der Waals surface area contributed by atoms with E-state index in [0.717, 1.165) is 19.3 Å². The minimum atomic E-state index is -0.796. The lowest BCUT2D eigenvalue weighted by Gasteiger charge is -2.25. The molecular formula is C11H23NO2. The molecule has 0 aliphatic heterocycles. The second-order valence-corrected chi connectivity index (χ2v) is 4.52. The van der Waals surface area contributed by atoms with Gasteiger partial charge in [-0.05, 0) is 20.3 Å². The van der Waals surface area contributed by atoms with Gasteiger partial charge in [-0.3, -0.25) is 4.79 Å². The van der Waals surface area contributed by atoms with Gasteiger partial charge in [0.05, 0.1) is 5.60 Å². The smallest absolute Gasteiger partial charge is 0.222 e. The molecular weight excluding hydrogens is 178 g/mol. The van der Waals surface area contributed by atoms with E-state index in [0.29, 0.717) is 13.0 Å². The van der Waals surface area contributed by atoms with Gasteiger partial charge in [0.2, 0.25) is 5.91 Å². The van der Waals surface area contributed by atoms with Crippen LogP contribution in [0.4, 0.5) is 0 Å². The number of carbonyl (C=O) groups excluding carboxylic acids is 1. The molecule has 0 saturated carbocycles. The molecule has 0 bridgehead atoms. The van der Waals surface area contributed by atoms with Crippen LogP contribution < -0.4 is 0 Å². The molecule has 0 saturated heterocycles. The molecule has 0 aromatic rings. The molecule has 1 amide bonds. The lowest BCUT2D eigenvalue weighted by molar-refractivity contribution is -0.132. The Kier molecular flexibility index (Phi) is 5.77. The maximum Gasteiger partial charge on any atom is 0.222 e. The lowest BCUT2D eigenvalue weighted by Crippen LogP contribution is -2.39. The SMILES string of the molecule is CCCCCC(=O)N(C)CC(C)(C)O. The molecule has 14 heavy (non-hydrogen) atoms. The van der Waals surface area contributed by atoms with Gasteiger partial charge in [0.15, 0.2) is 0 Å². The third-order valence-electron chi connectivity index (χ3n) is 2.04. The highest BCUT2D eigenvalue weighted by molar-refractivity contribution is 5.75. The zero-order chi connectivity index (χ0) is 11.2. The topological polar surface area (TPSA) is 40.5 Å². The third-order valence-corrected chi connectivity index (χ3v) is 2.04. The first-order chi connectivity index (χ1) is 6.37. The van der Waals surface area contributed by atoms with Crippen LogP contribution in [0.1, 0.15) is 46.5 Å². The molecule has 0 radical (unpaired) electrons. The van der Waals surface area contributed by atoms with Crippen molar-refractivity contribution in [2.45, 2.75) is 52.1 Å². The summed E-state index contributed by atoms with van der Waals surface area (Å²) in [5.74, 6) is 0.126. The van der Waals surface area contributed by atoms with Gasteiger partial charge in [0.1, 0.15) is 0 Å². The van der Waals surface area contributed by atoms with Crippen LogP contribution in [0.3, 0.4) is 0 Å². The monoisotopic (exact) mass is 201 g/mol. The number of hydrogen-bond donors (Lipinski definition) is 1. The highest BCUT2D eigenvalue weighted by atomic mass is 16.3. The molecule has 0 unspecified atom stereocenters. The largest absolute Gasteiger partial charge is 0.389 e. The first kappa shape index (κ1) is 13.4. The van der Waals surface area contributed by atoms with Crippen LogP contribution in [-0.2, 0) is 4.79 Å². The van der Waals surface area contributed by atoms with E-state index in [1.807, 2.05) is 0 Å². The van der Waals surface area contributed by atoms with Gasteiger partial charge in [-0.1, -0.05) is 19.8 Å². The van der Waals surface area contributed by atoms with Crippen molar-refractivity contribution in [3.05, 3.63) is 0 Å². The van der Waals surface area contributed by atoms with Crippen molar-refractivity contribution >= 4 is 5.91 Å². The summed E-state index contributed by atoms with van der Waals surface area (Å²) in [6, 6.07) is 0. The highest BCUT2D eigenvalue weighted by Gasteiger charge is 2.18. The standard InChI is InChI=1S/C11H23NO2/c1-5-6-7-8-10(13)12(4)9-11(2,3)14/h14H,5-9H2,1-4H3. The predicted molar refractivity (Wildman–Crippen MR) is 58.1 cm³/mol. The Morgan fingerprint density at radius 3 is 2.36 bits per heavy atom. The van der Waals surface area contributed by atoms with Gasteiger partial charge in [-0.15, -0.1) is 0 Å². The van der Waals surface area contributed by atoms with E-state index in [2.05, 4.69) is 6.92 Å². The van der Waals surface area contributed by atoms with Crippen LogP contribution in [0.25, 0.3) is 0 Å². The van der Waals surface area contributed by atoms with Crippen LogP contribution >= 0.6 is 0 Å². The summed E-state index contributed by atoms with van der Waals surface area (Å²) in [5.41, 5.74) is -0.796. The number of rotatable bonds is 6. The van der Waals surface area contributed by atoms with Crippen molar-refractivity contribution in [1.29, 1.82) is 0 Å². The first-order valence-electron chi connectivity index (χ1n) is 5.33. The maximum absolute atomic E-state index is 11.5. The Hall–Kier alpha value is -0.570. The van der Waals surface area contributed by atoms with Crippen LogP contribution in [0, 0.1) is 0 Å². The summed E-state index contributed by atoms with van der Waals surface area (Å²) in [5, 5.41) is 9.51. The van der Waals surface area contributed by atoms with Crippen molar-refractivity contribution < 1.29 is 9.90 Å². The number of unbranched alkanes of at least 4 members (excludes halogenated alkanes) is 2. The van der Waals surface area contributed by atoms with Crippen molar-refractivity contribution in [2.75, 3.05) is 13.6 Å². The summed E-state index contributed by atoms with van der Waals surface area (Å²) in [6.07, 6.45) is 3.77. The average Bonchev–Trinajstić information content (AvgIpc) is 2.01. The van der Waals surface area contributed by atoms with E-state index >= 15 is 0 Å². The van der Waals surface area contributed by atoms with Gasteiger partial charge in [0, 0.05) is 20.0 Å². The van der Waals surface area contributed by atoms with Crippen molar-refractivity contribution in [1.82, 2.24) is 4.90 Å². The van der Waals surface area contributed by atoms with Gasteiger partial charge < -0.3 is 10.0 Å². The zero-order valence-corrected chi connectivity index (χ0v) is 9.84. The molecule has 0 atom stereocenters. The Morgan fingerprint density at radius 2 is 1.93 bits per heavy atom. The van der Waals surface area contributed by atoms with E-state index in [1.54, 1.807) is 25.8 Å².